The highest BCUT2D eigenvalue weighted by Crippen LogP contribution is 2.41. The summed E-state index contributed by atoms with van der Waals surface area (Å²) < 4.78 is 51.0. The van der Waals surface area contributed by atoms with Gasteiger partial charge in [0.1, 0.15) is 0 Å². The monoisotopic (exact) mass is 205 g/mol. The molecule has 0 aromatic heterocycles. The Hall–Kier alpha value is -1.10. The van der Waals surface area contributed by atoms with Gasteiger partial charge in [0.25, 0.3) is 0 Å². The maximum Gasteiger partial charge on any atom is 0.197 e. The first-order chi connectivity index (χ1) is 6.52. The number of rotatable bonds is 1. The van der Waals surface area contributed by atoms with E-state index in [1.165, 1.54) is 0 Å². The molecule has 1 aromatic carbocycles. The van der Waals surface area contributed by atoms with Gasteiger partial charge in [-0.25, -0.2) is 17.6 Å². The van der Waals surface area contributed by atoms with Gasteiger partial charge < -0.3 is 5.73 Å². The first-order valence-electron chi connectivity index (χ1n) is 4.11. The summed E-state index contributed by atoms with van der Waals surface area (Å²) in [7, 11) is 0. The molecule has 0 bridgehead atoms. The van der Waals surface area contributed by atoms with Crippen molar-refractivity contribution in [3.05, 3.63) is 34.9 Å². The summed E-state index contributed by atoms with van der Waals surface area (Å²) in [5.41, 5.74) is 5.23. The van der Waals surface area contributed by atoms with Crippen molar-refractivity contribution in [2.45, 2.75) is 18.4 Å². The molecule has 1 aliphatic rings. The van der Waals surface area contributed by atoms with Crippen LogP contribution < -0.4 is 5.73 Å². The maximum absolute atomic E-state index is 13.1. The topological polar surface area (TPSA) is 26.0 Å². The van der Waals surface area contributed by atoms with Crippen molar-refractivity contribution < 1.29 is 17.6 Å². The Balaban J connectivity index is 2.51. The van der Waals surface area contributed by atoms with Gasteiger partial charge in [0.15, 0.2) is 23.3 Å². The molecule has 0 radical (unpaired) electrons. The van der Waals surface area contributed by atoms with E-state index in [0.717, 1.165) is 0 Å². The fourth-order valence-electron chi connectivity index (χ4n) is 1.43. The smallest absolute Gasteiger partial charge is 0.197 e. The highest BCUT2D eigenvalue weighted by molar-refractivity contribution is 5.31. The van der Waals surface area contributed by atoms with Crippen molar-refractivity contribution in [2.24, 2.45) is 5.73 Å². The van der Waals surface area contributed by atoms with Gasteiger partial charge in [0, 0.05) is 12.0 Å². The normalized spacial score (nSPS) is 25.2. The number of hydrogen-bond donors (Lipinski definition) is 1. The third-order valence-corrected chi connectivity index (χ3v) is 2.37. The van der Waals surface area contributed by atoms with Crippen LogP contribution in [0.5, 0.6) is 0 Å². The molecule has 14 heavy (non-hydrogen) atoms. The van der Waals surface area contributed by atoms with Crippen LogP contribution in [0.3, 0.4) is 0 Å². The van der Waals surface area contributed by atoms with Gasteiger partial charge >= 0.3 is 0 Å². The van der Waals surface area contributed by atoms with E-state index in [9.17, 15) is 17.6 Å². The summed E-state index contributed by atoms with van der Waals surface area (Å²) in [6, 6.07) is 0.388. The quantitative estimate of drug-likeness (QED) is 0.424. The molecule has 1 aromatic rings. The Bertz CT molecular complexity index is 391. The lowest BCUT2D eigenvalue weighted by Gasteiger charge is -2.04. The molecule has 2 rings (SSSR count). The van der Waals surface area contributed by atoms with Crippen molar-refractivity contribution in [1.82, 2.24) is 0 Å². The van der Waals surface area contributed by atoms with E-state index in [4.69, 9.17) is 5.73 Å². The zero-order valence-electron chi connectivity index (χ0n) is 7.03. The lowest BCUT2D eigenvalue weighted by molar-refractivity contribution is 0.403. The summed E-state index contributed by atoms with van der Waals surface area (Å²) in [6.45, 7) is 0. The van der Waals surface area contributed by atoms with Gasteiger partial charge in [0.2, 0.25) is 0 Å². The molecule has 0 spiro atoms. The molecule has 0 unspecified atom stereocenters. The second kappa shape index (κ2) is 2.95. The Morgan fingerprint density at radius 3 is 2.14 bits per heavy atom. The van der Waals surface area contributed by atoms with E-state index in [1.807, 2.05) is 0 Å². The number of halogens is 4. The van der Waals surface area contributed by atoms with Gasteiger partial charge in [-0.1, -0.05) is 0 Å². The maximum atomic E-state index is 13.1. The molecule has 0 saturated heterocycles. The van der Waals surface area contributed by atoms with Crippen LogP contribution in [-0.2, 0) is 0 Å². The lowest BCUT2D eigenvalue weighted by atomic mass is 10.1. The first kappa shape index (κ1) is 9.45. The van der Waals surface area contributed by atoms with Gasteiger partial charge in [-0.15, -0.1) is 0 Å². The van der Waals surface area contributed by atoms with Crippen LogP contribution in [0.15, 0.2) is 6.07 Å². The molecular weight excluding hydrogens is 198 g/mol. The van der Waals surface area contributed by atoms with Crippen LogP contribution in [0.25, 0.3) is 0 Å². The molecule has 2 N–H and O–H groups in total. The molecule has 1 fully saturated rings. The minimum absolute atomic E-state index is 0.172. The summed E-state index contributed by atoms with van der Waals surface area (Å²) in [5.74, 6) is -6.64. The molecule has 1 saturated carbocycles. The first-order valence-corrected chi connectivity index (χ1v) is 4.11. The SMILES string of the molecule is N[C@@H]1C[C@H]1c1cc(F)c(F)c(F)c1F. The molecule has 0 amide bonds. The summed E-state index contributed by atoms with van der Waals surface area (Å²) >= 11 is 0. The number of hydrogen-bond acceptors (Lipinski definition) is 1. The minimum atomic E-state index is -1.78. The summed E-state index contributed by atoms with van der Waals surface area (Å²) in [6.07, 6.45) is 0.474. The van der Waals surface area contributed by atoms with Gasteiger partial charge in [-0.3, -0.25) is 0 Å². The Morgan fingerprint density at radius 2 is 1.64 bits per heavy atom. The average Bonchev–Trinajstić information content (AvgIpc) is 2.85. The zero-order chi connectivity index (χ0) is 10.5. The fraction of sp³-hybridized carbons (Fsp3) is 0.333. The van der Waals surface area contributed by atoms with Crippen LogP contribution in [0.2, 0.25) is 0 Å². The molecule has 2 atom stereocenters. The second-order valence-electron chi connectivity index (χ2n) is 3.40. The standard InChI is InChI=1S/C9H7F4N/c10-5-1-4(3-2-6(3)14)7(11)9(13)8(5)12/h1,3,6H,2,14H2/t3-,6+/m0/s1. The van der Waals surface area contributed by atoms with E-state index in [1.54, 1.807) is 0 Å². The predicted octanol–water partition coefficient (Wildman–Crippen LogP) is 2.06. The number of benzene rings is 1. The Labute approximate surface area is 77.5 Å². The predicted molar refractivity (Wildman–Crippen MR) is 41.6 cm³/mol. The molecular formula is C9H7F4N. The second-order valence-corrected chi connectivity index (χ2v) is 3.40. The molecule has 0 heterocycles. The van der Waals surface area contributed by atoms with E-state index >= 15 is 0 Å². The van der Waals surface area contributed by atoms with Crippen molar-refractivity contribution in [2.75, 3.05) is 0 Å². The van der Waals surface area contributed by atoms with E-state index < -0.39 is 23.3 Å². The lowest BCUT2D eigenvalue weighted by Crippen LogP contribution is -2.05. The minimum Gasteiger partial charge on any atom is -0.327 e. The molecule has 1 aliphatic carbocycles. The van der Waals surface area contributed by atoms with Crippen LogP contribution in [0.1, 0.15) is 17.9 Å². The Morgan fingerprint density at radius 1 is 1.07 bits per heavy atom. The highest BCUT2D eigenvalue weighted by atomic mass is 19.2. The van der Waals surface area contributed by atoms with Crippen molar-refractivity contribution in [1.29, 1.82) is 0 Å². The Kier molecular flexibility index (Phi) is 1.99. The van der Waals surface area contributed by atoms with Gasteiger partial charge in [0.05, 0.1) is 0 Å². The van der Waals surface area contributed by atoms with Crippen molar-refractivity contribution >= 4 is 0 Å². The van der Waals surface area contributed by atoms with E-state index in [0.29, 0.717) is 12.5 Å². The highest BCUT2D eigenvalue weighted by Gasteiger charge is 2.38. The molecule has 0 aliphatic heterocycles. The third-order valence-electron chi connectivity index (χ3n) is 2.37. The molecule has 1 nitrogen and oxygen atoms in total. The fourth-order valence-corrected chi connectivity index (χ4v) is 1.43. The van der Waals surface area contributed by atoms with Crippen LogP contribution in [0.4, 0.5) is 17.6 Å². The largest absolute Gasteiger partial charge is 0.327 e. The van der Waals surface area contributed by atoms with Gasteiger partial charge in [-0.2, -0.15) is 0 Å². The third kappa shape index (κ3) is 1.28. The van der Waals surface area contributed by atoms with Crippen LogP contribution in [-0.4, -0.2) is 6.04 Å². The van der Waals surface area contributed by atoms with Gasteiger partial charge in [-0.05, 0) is 18.1 Å². The summed E-state index contributed by atoms with van der Waals surface area (Å²) in [4.78, 5) is 0. The zero-order valence-corrected chi connectivity index (χ0v) is 7.03. The van der Waals surface area contributed by atoms with Crippen molar-refractivity contribution in [3.63, 3.8) is 0 Å². The van der Waals surface area contributed by atoms with Crippen LogP contribution in [0, 0.1) is 23.3 Å². The molecule has 76 valence electrons. The van der Waals surface area contributed by atoms with E-state index in [-0.39, 0.29) is 17.5 Å². The van der Waals surface area contributed by atoms with Crippen molar-refractivity contribution in [3.8, 4) is 0 Å². The number of nitrogens with two attached hydrogens (primary N) is 1. The summed E-state index contributed by atoms with van der Waals surface area (Å²) in [5, 5.41) is 0. The van der Waals surface area contributed by atoms with Crippen LogP contribution >= 0.6 is 0 Å². The molecule has 5 heteroatoms. The average molecular weight is 205 g/mol. The van der Waals surface area contributed by atoms with E-state index in [2.05, 4.69) is 0 Å².